The normalized spacial score (nSPS) is 31.7. The van der Waals surface area contributed by atoms with Gasteiger partial charge < -0.3 is 9.64 Å². The van der Waals surface area contributed by atoms with Gasteiger partial charge in [0.1, 0.15) is 0 Å². The maximum absolute atomic E-state index is 12.6. The van der Waals surface area contributed by atoms with Crippen LogP contribution in [0.5, 0.6) is 0 Å². The number of ether oxygens (including phenoxy) is 1. The molecule has 0 radical (unpaired) electrons. The molecule has 3 saturated heterocycles. The van der Waals surface area contributed by atoms with Crippen LogP contribution in [0.4, 0.5) is 0 Å². The highest BCUT2D eigenvalue weighted by Crippen LogP contribution is 2.48. The van der Waals surface area contributed by atoms with Crippen LogP contribution in [0.15, 0.2) is 18.2 Å². The van der Waals surface area contributed by atoms with E-state index in [1.54, 1.807) is 4.90 Å². The Morgan fingerprint density at radius 3 is 2.42 bits per heavy atom. The standard InChI is InChI=1S/C19H19ClN2O4/c20-12-2-1-10-8-21(9-11(10)7-12)15(23)5-6-22-18(24)16-13-3-4-14(26-13)17(16)19(22)25/h1-2,7,13-14,16-17H,3-6,8-9H2. The third kappa shape index (κ3) is 2.32. The van der Waals surface area contributed by atoms with E-state index in [-0.39, 0.29) is 54.7 Å². The van der Waals surface area contributed by atoms with Crippen molar-refractivity contribution in [1.82, 2.24) is 9.80 Å². The van der Waals surface area contributed by atoms with E-state index >= 15 is 0 Å². The van der Waals surface area contributed by atoms with Crippen molar-refractivity contribution in [2.45, 2.75) is 44.6 Å². The summed E-state index contributed by atoms with van der Waals surface area (Å²) < 4.78 is 5.73. The summed E-state index contributed by atoms with van der Waals surface area (Å²) in [6.07, 6.45) is 1.65. The van der Waals surface area contributed by atoms with Crippen LogP contribution < -0.4 is 0 Å². The van der Waals surface area contributed by atoms with Gasteiger partial charge in [0.05, 0.1) is 24.0 Å². The van der Waals surface area contributed by atoms with Crippen molar-refractivity contribution in [3.8, 4) is 0 Å². The second-order valence-corrected chi connectivity index (χ2v) is 8.02. The highest BCUT2D eigenvalue weighted by molar-refractivity contribution is 6.30. The molecule has 5 rings (SSSR count). The molecule has 0 aromatic heterocycles. The number of carbonyl (C=O) groups excluding carboxylic acids is 3. The fourth-order valence-corrected chi connectivity index (χ4v) is 5.09. The summed E-state index contributed by atoms with van der Waals surface area (Å²) in [4.78, 5) is 40.9. The minimum atomic E-state index is -0.325. The highest BCUT2D eigenvalue weighted by atomic mass is 35.5. The van der Waals surface area contributed by atoms with Crippen LogP contribution in [-0.4, -0.2) is 46.3 Å². The van der Waals surface area contributed by atoms with E-state index in [2.05, 4.69) is 0 Å². The number of imide groups is 1. The third-order valence-electron chi connectivity index (χ3n) is 6.17. The van der Waals surface area contributed by atoms with Crippen LogP contribution in [0.25, 0.3) is 0 Å². The number of likely N-dealkylation sites (tertiary alicyclic amines) is 1. The molecule has 0 spiro atoms. The van der Waals surface area contributed by atoms with Crippen LogP contribution in [-0.2, 0) is 32.2 Å². The molecule has 4 aliphatic rings. The second kappa shape index (κ2) is 5.79. The summed E-state index contributed by atoms with van der Waals surface area (Å²) >= 11 is 6.01. The molecule has 4 atom stereocenters. The first-order valence-electron chi connectivity index (χ1n) is 9.08. The minimum Gasteiger partial charge on any atom is -0.373 e. The average molecular weight is 375 g/mol. The SMILES string of the molecule is O=C(CCN1C(=O)C2C3CCC(O3)C2C1=O)N1Cc2ccc(Cl)cc2C1. The molecule has 0 N–H and O–H groups in total. The zero-order valence-corrected chi connectivity index (χ0v) is 14.9. The zero-order valence-electron chi connectivity index (χ0n) is 14.2. The number of amides is 3. The Balaban J connectivity index is 1.23. The first-order chi connectivity index (χ1) is 12.5. The molecular weight excluding hydrogens is 356 g/mol. The molecule has 2 bridgehead atoms. The monoisotopic (exact) mass is 374 g/mol. The number of fused-ring (bicyclic) bond motifs is 6. The lowest BCUT2D eigenvalue weighted by Gasteiger charge is -2.20. The van der Waals surface area contributed by atoms with Crippen molar-refractivity contribution in [3.63, 3.8) is 0 Å². The Morgan fingerprint density at radius 1 is 1.08 bits per heavy atom. The molecule has 1 aromatic carbocycles. The Hall–Kier alpha value is -1.92. The first kappa shape index (κ1) is 16.3. The van der Waals surface area contributed by atoms with E-state index in [9.17, 15) is 14.4 Å². The molecule has 26 heavy (non-hydrogen) atoms. The maximum Gasteiger partial charge on any atom is 0.235 e. The summed E-state index contributed by atoms with van der Waals surface area (Å²) in [5.41, 5.74) is 2.15. The lowest BCUT2D eigenvalue weighted by atomic mass is 9.81. The van der Waals surface area contributed by atoms with Gasteiger partial charge in [-0.1, -0.05) is 17.7 Å². The van der Waals surface area contributed by atoms with Gasteiger partial charge in [0.15, 0.2) is 0 Å². The Labute approximate surface area is 156 Å². The lowest BCUT2D eigenvalue weighted by Crippen LogP contribution is -2.37. The molecule has 7 heteroatoms. The topological polar surface area (TPSA) is 66.9 Å². The molecule has 0 saturated carbocycles. The zero-order chi connectivity index (χ0) is 18.0. The number of hydrogen-bond acceptors (Lipinski definition) is 4. The van der Waals surface area contributed by atoms with Crippen molar-refractivity contribution in [1.29, 1.82) is 0 Å². The van der Waals surface area contributed by atoms with Crippen molar-refractivity contribution < 1.29 is 19.1 Å². The minimum absolute atomic E-state index is 0.0470. The first-order valence-corrected chi connectivity index (χ1v) is 9.46. The summed E-state index contributed by atoms with van der Waals surface area (Å²) in [6.45, 7) is 1.24. The van der Waals surface area contributed by atoms with Gasteiger partial charge in [0.2, 0.25) is 17.7 Å². The molecule has 4 aliphatic heterocycles. The van der Waals surface area contributed by atoms with E-state index < -0.39 is 0 Å². The molecule has 136 valence electrons. The number of hydrogen-bond donors (Lipinski definition) is 0. The van der Waals surface area contributed by atoms with Crippen molar-refractivity contribution in [2.75, 3.05) is 6.54 Å². The van der Waals surface area contributed by atoms with Gasteiger partial charge in [0, 0.05) is 31.1 Å². The Bertz CT molecular complexity index is 798. The molecular formula is C19H19ClN2O4. The van der Waals surface area contributed by atoms with Crippen molar-refractivity contribution in [3.05, 3.63) is 34.3 Å². The van der Waals surface area contributed by atoms with Crippen molar-refractivity contribution >= 4 is 29.3 Å². The second-order valence-electron chi connectivity index (χ2n) is 7.58. The Kier molecular flexibility index (Phi) is 3.62. The van der Waals surface area contributed by atoms with Crippen LogP contribution in [0.1, 0.15) is 30.4 Å². The van der Waals surface area contributed by atoms with Crippen LogP contribution in [0.3, 0.4) is 0 Å². The van der Waals surface area contributed by atoms with Gasteiger partial charge in [0.25, 0.3) is 0 Å². The van der Waals surface area contributed by atoms with Gasteiger partial charge in [-0.05, 0) is 36.1 Å². The number of benzene rings is 1. The van der Waals surface area contributed by atoms with Crippen molar-refractivity contribution in [2.24, 2.45) is 11.8 Å². The molecule has 3 amide bonds. The summed E-state index contributed by atoms with van der Waals surface area (Å²) in [7, 11) is 0. The van der Waals surface area contributed by atoms with E-state index in [1.807, 2.05) is 18.2 Å². The summed E-state index contributed by atoms with van der Waals surface area (Å²) in [5.74, 6) is -1.01. The van der Waals surface area contributed by atoms with Crippen LogP contribution in [0, 0.1) is 11.8 Å². The van der Waals surface area contributed by atoms with Gasteiger partial charge in [-0.25, -0.2) is 0 Å². The number of rotatable bonds is 3. The van der Waals surface area contributed by atoms with Gasteiger partial charge in [-0.15, -0.1) is 0 Å². The molecule has 4 heterocycles. The molecule has 1 aromatic rings. The highest BCUT2D eigenvalue weighted by Gasteiger charge is 2.62. The van der Waals surface area contributed by atoms with Gasteiger partial charge in [-0.2, -0.15) is 0 Å². The van der Waals surface area contributed by atoms with E-state index in [0.717, 1.165) is 24.0 Å². The summed E-state index contributed by atoms with van der Waals surface area (Å²) in [5, 5.41) is 0.662. The quantitative estimate of drug-likeness (QED) is 0.756. The van der Waals surface area contributed by atoms with Crippen LogP contribution in [0.2, 0.25) is 5.02 Å². The maximum atomic E-state index is 12.6. The van der Waals surface area contributed by atoms with Gasteiger partial charge in [-0.3, -0.25) is 19.3 Å². The summed E-state index contributed by atoms with van der Waals surface area (Å²) in [6, 6.07) is 5.65. The fraction of sp³-hybridized carbons (Fsp3) is 0.526. The molecule has 0 aliphatic carbocycles. The number of halogens is 1. The number of nitrogens with zero attached hydrogens (tertiary/aromatic N) is 2. The van der Waals surface area contributed by atoms with E-state index in [4.69, 9.17) is 16.3 Å². The third-order valence-corrected chi connectivity index (χ3v) is 6.40. The predicted molar refractivity (Wildman–Crippen MR) is 91.9 cm³/mol. The van der Waals surface area contributed by atoms with E-state index in [1.165, 1.54) is 4.90 Å². The predicted octanol–water partition coefficient (Wildman–Crippen LogP) is 1.73. The Morgan fingerprint density at radius 2 is 1.73 bits per heavy atom. The number of carbonyl (C=O) groups is 3. The fourth-order valence-electron chi connectivity index (χ4n) is 4.90. The van der Waals surface area contributed by atoms with Crippen LogP contribution >= 0.6 is 11.6 Å². The molecule has 3 fully saturated rings. The molecule has 6 nitrogen and oxygen atoms in total. The lowest BCUT2D eigenvalue weighted by molar-refractivity contribution is -0.143. The largest absolute Gasteiger partial charge is 0.373 e. The van der Waals surface area contributed by atoms with E-state index in [0.29, 0.717) is 18.1 Å². The smallest absolute Gasteiger partial charge is 0.235 e. The van der Waals surface area contributed by atoms with Gasteiger partial charge >= 0.3 is 0 Å². The average Bonchev–Trinajstić information content (AvgIpc) is 3.36. The molecule has 4 unspecified atom stereocenters.